The van der Waals surface area contributed by atoms with Crippen LogP contribution in [0.3, 0.4) is 0 Å². The average Bonchev–Trinajstić information content (AvgIpc) is 2.94. The van der Waals surface area contributed by atoms with Gasteiger partial charge in [-0.05, 0) is 19.3 Å². The molecule has 0 bridgehead atoms. The highest BCUT2D eigenvalue weighted by molar-refractivity contribution is 7.14. The standard InChI is InChI=1S/C18H25N3OS/c1-12(2)15(19)10-11-21(4)18(22)17-16(20-13(3)23-17)14-8-6-5-7-9-14/h5-9,12,15H,10-11,19H2,1-4H3. The van der Waals surface area contributed by atoms with Crippen molar-refractivity contribution in [2.75, 3.05) is 13.6 Å². The first-order valence-electron chi connectivity index (χ1n) is 7.94. The van der Waals surface area contributed by atoms with E-state index in [2.05, 4.69) is 18.8 Å². The number of amides is 1. The summed E-state index contributed by atoms with van der Waals surface area (Å²) in [4.78, 5) is 19.8. The Balaban J connectivity index is 2.16. The summed E-state index contributed by atoms with van der Waals surface area (Å²) in [6.07, 6.45) is 0.804. The SMILES string of the molecule is Cc1nc(-c2ccccc2)c(C(=O)N(C)CCC(N)C(C)C)s1. The fourth-order valence-corrected chi connectivity index (χ4v) is 3.25. The van der Waals surface area contributed by atoms with Crippen molar-refractivity contribution in [3.63, 3.8) is 0 Å². The first-order chi connectivity index (χ1) is 10.9. The van der Waals surface area contributed by atoms with Crippen LogP contribution < -0.4 is 5.73 Å². The van der Waals surface area contributed by atoms with E-state index < -0.39 is 0 Å². The van der Waals surface area contributed by atoms with Crippen LogP contribution in [-0.4, -0.2) is 35.4 Å². The lowest BCUT2D eigenvalue weighted by Gasteiger charge is -2.21. The molecule has 2 rings (SSSR count). The topological polar surface area (TPSA) is 59.2 Å². The van der Waals surface area contributed by atoms with Gasteiger partial charge < -0.3 is 10.6 Å². The first-order valence-corrected chi connectivity index (χ1v) is 8.75. The molecule has 124 valence electrons. The number of nitrogens with two attached hydrogens (primary N) is 1. The molecule has 0 spiro atoms. The third-order valence-corrected chi connectivity index (χ3v) is 4.94. The summed E-state index contributed by atoms with van der Waals surface area (Å²) in [7, 11) is 1.83. The molecule has 2 N–H and O–H groups in total. The molecule has 1 heterocycles. The van der Waals surface area contributed by atoms with Gasteiger partial charge >= 0.3 is 0 Å². The van der Waals surface area contributed by atoms with Crippen LogP contribution in [0.5, 0.6) is 0 Å². The molecule has 1 amide bonds. The Labute approximate surface area is 142 Å². The van der Waals surface area contributed by atoms with Crippen molar-refractivity contribution in [2.45, 2.75) is 33.2 Å². The fourth-order valence-electron chi connectivity index (χ4n) is 2.31. The Morgan fingerprint density at radius 2 is 1.96 bits per heavy atom. The van der Waals surface area contributed by atoms with Crippen LogP contribution in [0.1, 0.15) is 34.9 Å². The molecule has 2 aromatic rings. The van der Waals surface area contributed by atoms with Crippen LogP contribution in [0.4, 0.5) is 0 Å². The van der Waals surface area contributed by atoms with Crippen molar-refractivity contribution >= 4 is 17.2 Å². The van der Waals surface area contributed by atoms with Crippen molar-refractivity contribution in [1.29, 1.82) is 0 Å². The third-order valence-electron chi connectivity index (χ3n) is 3.98. The third kappa shape index (κ3) is 4.39. The van der Waals surface area contributed by atoms with Gasteiger partial charge in [-0.1, -0.05) is 44.2 Å². The molecule has 0 aliphatic rings. The second-order valence-electron chi connectivity index (χ2n) is 6.20. The predicted octanol–water partition coefficient (Wildman–Crippen LogP) is 3.56. The number of thiazole rings is 1. The smallest absolute Gasteiger partial charge is 0.265 e. The molecule has 0 saturated carbocycles. The van der Waals surface area contributed by atoms with Crippen LogP contribution >= 0.6 is 11.3 Å². The van der Waals surface area contributed by atoms with Gasteiger partial charge in [0.2, 0.25) is 0 Å². The maximum atomic E-state index is 12.8. The number of benzene rings is 1. The van der Waals surface area contributed by atoms with E-state index in [1.807, 2.05) is 44.3 Å². The number of nitrogens with zero attached hydrogens (tertiary/aromatic N) is 2. The maximum absolute atomic E-state index is 12.8. The number of aryl methyl sites for hydroxylation is 1. The van der Waals surface area contributed by atoms with Gasteiger partial charge in [-0.25, -0.2) is 4.98 Å². The molecule has 0 radical (unpaired) electrons. The highest BCUT2D eigenvalue weighted by Gasteiger charge is 2.21. The van der Waals surface area contributed by atoms with Gasteiger partial charge in [-0.2, -0.15) is 0 Å². The zero-order valence-electron chi connectivity index (χ0n) is 14.2. The average molecular weight is 331 g/mol. The molecular formula is C18H25N3OS. The summed E-state index contributed by atoms with van der Waals surface area (Å²) < 4.78 is 0. The van der Waals surface area contributed by atoms with E-state index in [-0.39, 0.29) is 11.9 Å². The Morgan fingerprint density at radius 1 is 1.30 bits per heavy atom. The van der Waals surface area contributed by atoms with E-state index in [9.17, 15) is 4.79 Å². The van der Waals surface area contributed by atoms with Gasteiger partial charge in [-0.3, -0.25) is 4.79 Å². The van der Waals surface area contributed by atoms with Gasteiger partial charge in [-0.15, -0.1) is 11.3 Å². The number of rotatable bonds is 6. The molecular weight excluding hydrogens is 306 g/mol. The Morgan fingerprint density at radius 3 is 2.57 bits per heavy atom. The molecule has 4 nitrogen and oxygen atoms in total. The number of hydrogen-bond donors (Lipinski definition) is 1. The van der Waals surface area contributed by atoms with Crippen molar-refractivity contribution in [2.24, 2.45) is 11.7 Å². The van der Waals surface area contributed by atoms with Crippen LogP contribution in [0.15, 0.2) is 30.3 Å². The quantitative estimate of drug-likeness (QED) is 0.880. The van der Waals surface area contributed by atoms with E-state index >= 15 is 0 Å². The molecule has 1 aromatic carbocycles. The lowest BCUT2D eigenvalue weighted by atomic mass is 10.0. The van der Waals surface area contributed by atoms with Gasteiger partial charge in [0.1, 0.15) is 4.88 Å². The minimum Gasteiger partial charge on any atom is -0.341 e. The normalized spacial score (nSPS) is 12.4. The molecule has 1 aromatic heterocycles. The van der Waals surface area contributed by atoms with Crippen molar-refractivity contribution in [3.05, 3.63) is 40.2 Å². The highest BCUT2D eigenvalue weighted by atomic mass is 32.1. The highest BCUT2D eigenvalue weighted by Crippen LogP contribution is 2.29. The van der Waals surface area contributed by atoms with Crippen LogP contribution in [0.2, 0.25) is 0 Å². The summed E-state index contributed by atoms with van der Waals surface area (Å²) in [5.41, 5.74) is 7.84. The zero-order chi connectivity index (χ0) is 17.0. The lowest BCUT2D eigenvalue weighted by Crippen LogP contribution is -2.34. The molecule has 1 atom stereocenters. The Kier molecular flexibility index (Phi) is 5.91. The number of aromatic nitrogens is 1. The molecule has 23 heavy (non-hydrogen) atoms. The largest absolute Gasteiger partial charge is 0.341 e. The van der Waals surface area contributed by atoms with Crippen LogP contribution in [-0.2, 0) is 0 Å². The molecule has 0 aliphatic carbocycles. The maximum Gasteiger partial charge on any atom is 0.265 e. The number of carbonyl (C=O) groups excluding carboxylic acids is 1. The Bertz CT molecular complexity index is 652. The first kappa shape index (κ1) is 17.6. The summed E-state index contributed by atoms with van der Waals surface area (Å²) in [6.45, 7) is 6.80. The fraction of sp³-hybridized carbons (Fsp3) is 0.444. The minimum atomic E-state index is 0.0189. The van der Waals surface area contributed by atoms with Gasteiger partial charge in [0.25, 0.3) is 5.91 Å². The predicted molar refractivity (Wildman–Crippen MR) is 96.7 cm³/mol. The van der Waals surface area contributed by atoms with E-state index in [1.54, 1.807) is 4.90 Å². The van der Waals surface area contributed by atoms with Gasteiger partial charge in [0.05, 0.1) is 10.7 Å². The zero-order valence-corrected chi connectivity index (χ0v) is 15.1. The molecule has 0 saturated heterocycles. The van der Waals surface area contributed by atoms with E-state index in [0.717, 1.165) is 22.7 Å². The van der Waals surface area contributed by atoms with Gasteiger partial charge in [0, 0.05) is 25.2 Å². The summed E-state index contributed by atoms with van der Waals surface area (Å²) >= 11 is 1.45. The monoisotopic (exact) mass is 331 g/mol. The Hall–Kier alpha value is -1.72. The molecule has 0 aliphatic heterocycles. The minimum absolute atomic E-state index is 0.0189. The number of hydrogen-bond acceptors (Lipinski definition) is 4. The summed E-state index contributed by atoms with van der Waals surface area (Å²) in [6, 6.07) is 9.97. The summed E-state index contributed by atoms with van der Waals surface area (Å²) in [5, 5.41) is 0.902. The number of carbonyl (C=O) groups is 1. The second-order valence-corrected chi connectivity index (χ2v) is 7.40. The van der Waals surface area contributed by atoms with Crippen LogP contribution in [0, 0.1) is 12.8 Å². The van der Waals surface area contributed by atoms with Crippen molar-refractivity contribution in [1.82, 2.24) is 9.88 Å². The second kappa shape index (κ2) is 7.70. The van der Waals surface area contributed by atoms with E-state index in [4.69, 9.17) is 5.73 Å². The molecule has 5 heteroatoms. The van der Waals surface area contributed by atoms with Crippen LogP contribution in [0.25, 0.3) is 11.3 Å². The van der Waals surface area contributed by atoms with E-state index in [1.165, 1.54) is 11.3 Å². The molecule has 1 unspecified atom stereocenters. The van der Waals surface area contributed by atoms with Gasteiger partial charge in [0.15, 0.2) is 0 Å². The summed E-state index contributed by atoms with van der Waals surface area (Å²) in [5.74, 6) is 0.439. The molecule has 0 fully saturated rings. The van der Waals surface area contributed by atoms with E-state index in [0.29, 0.717) is 17.3 Å². The lowest BCUT2D eigenvalue weighted by molar-refractivity contribution is 0.0794. The van der Waals surface area contributed by atoms with Crippen molar-refractivity contribution < 1.29 is 4.79 Å². The van der Waals surface area contributed by atoms with Crippen molar-refractivity contribution in [3.8, 4) is 11.3 Å².